The number of hydrogen-bond donors (Lipinski definition) is 1. The summed E-state index contributed by atoms with van der Waals surface area (Å²) in [6, 6.07) is 0. The maximum atomic E-state index is 12.6. The molecule has 1 saturated heterocycles. The lowest BCUT2D eigenvalue weighted by Crippen LogP contribution is -2.52. The van der Waals surface area contributed by atoms with Gasteiger partial charge in [-0.2, -0.15) is 5.10 Å². The Morgan fingerprint density at radius 3 is 2.52 bits per heavy atom. The Morgan fingerprint density at radius 1 is 1.30 bits per heavy atom. The molecule has 1 aliphatic heterocycles. The maximum absolute atomic E-state index is 12.6. The summed E-state index contributed by atoms with van der Waals surface area (Å²) >= 11 is 0. The molecule has 1 aromatic rings. The summed E-state index contributed by atoms with van der Waals surface area (Å²) < 4.78 is 7.30. The van der Waals surface area contributed by atoms with E-state index in [1.165, 1.54) is 25.5 Å². The Balaban J connectivity index is 1.40. The lowest BCUT2D eigenvalue weighted by molar-refractivity contribution is -0.385. The van der Waals surface area contributed by atoms with Crippen molar-refractivity contribution in [3.63, 3.8) is 0 Å². The molecule has 1 aromatic heterocycles. The second kappa shape index (κ2) is 6.29. The Kier molecular flexibility index (Phi) is 4.00. The van der Waals surface area contributed by atoms with E-state index in [2.05, 4.69) is 10.4 Å². The van der Waals surface area contributed by atoms with E-state index in [4.69, 9.17) is 4.74 Å². The number of rotatable bonds is 5. The quantitative estimate of drug-likeness (QED) is 0.631. The van der Waals surface area contributed by atoms with E-state index < -0.39 is 10.8 Å². The highest BCUT2D eigenvalue weighted by Gasteiger charge is 2.53. The first-order valence-corrected chi connectivity index (χ1v) is 10.2. The molecule has 4 saturated carbocycles. The molecule has 5 fully saturated rings. The topological polar surface area (TPSA) is 99.3 Å². The highest BCUT2D eigenvalue weighted by molar-refractivity contribution is 5.96. The minimum absolute atomic E-state index is 0.00162. The summed E-state index contributed by atoms with van der Waals surface area (Å²) in [5.41, 5.74) is -0.378. The molecule has 8 heteroatoms. The number of amides is 1. The highest BCUT2D eigenvalue weighted by Crippen LogP contribution is 2.58. The van der Waals surface area contributed by atoms with Gasteiger partial charge in [-0.05, 0) is 69.1 Å². The van der Waals surface area contributed by atoms with Crippen LogP contribution in [0.1, 0.15) is 61.9 Å². The number of ether oxygens (including phenoxy) is 1. The molecule has 0 spiro atoms. The van der Waals surface area contributed by atoms with E-state index in [0.717, 1.165) is 32.1 Å². The molecule has 1 N–H and O–H groups in total. The zero-order chi connectivity index (χ0) is 18.6. The summed E-state index contributed by atoms with van der Waals surface area (Å²) in [4.78, 5) is 23.7. The van der Waals surface area contributed by atoms with Gasteiger partial charge in [0.25, 0.3) is 5.91 Å². The third kappa shape index (κ3) is 2.94. The molecule has 0 radical (unpaired) electrons. The van der Waals surface area contributed by atoms with E-state index in [0.29, 0.717) is 30.9 Å². The normalized spacial score (nSPS) is 36.9. The monoisotopic (exact) mass is 374 g/mol. The van der Waals surface area contributed by atoms with Crippen molar-refractivity contribution < 1.29 is 14.5 Å². The van der Waals surface area contributed by atoms with E-state index in [1.54, 1.807) is 4.68 Å². The van der Waals surface area contributed by atoms with Gasteiger partial charge in [0.2, 0.25) is 5.69 Å². The van der Waals surface area contributed by atoms with Gasteiger partial charge < -0.3 is 10.1 Å². The van der Waals surface area contributed by atoms with Crippen LogP contribution in [0, 0.1) is 27.9 Å². The molecule has 6 rings (SSSR count). The molecule has 8 nitrogen and oxygen atoms in total. The molecule has 27 heavy (non-hydrogen) atoms. The lowest BCUT2D eigenvalue weighted by Gasteiger charge is -2.56. The second-order valence-corrected chi connectivity index (χ2v) is 9.05. The van der Waals surface area contributed by atoms with Crippen molar-refractivity contribution >= 4 is 11.6 Å². The molecule has 2 heterocycles. The molecule has 4 aliphatic carbocycles. The lowest BCUT2D eigenvalue weighted by atomic mass is 9.53. The molecular formula is C19H26N4O4. The van der Waals surface area contributed by atoms with E-state index in [-0.39, 0.29) is 23.0 Å². The van der Waals surface area contributed by atoms with Gasteiger partial charge in [0.1, 0.15) is 6.20 Å². The van der Waals surface area contributed by atoms with Crippen LogP contribution in [0.5, 0.6) is 0 Å². The van der Waals surface area contributed by atoms with Gasteiger partial charge in [-0.15, -0.1) is 0 Å². The Morgan fingerprint density at radius 2 is 1.96 bits per heavy atom. The SMILES string of the molecule is O=C(NCC1CCCO1)c1nn(C23CC4CC(CC(C4)C2)C3)cc1[N+](=O)[O-]. The Labute approximate surface area is 157 Å². The Bertz CT molecular complexity index is 732. The number of nitrogens with zero attached hydrogens (tertiary/aromatic N) is 3. The van der Waals surface area contributed by atoms with Crippen molar-refractivity contribution in [3.8, 4) is 0 Å². The average Bonchev–Trinajstić information content (AvgIpc) is 3.28. The fourth-order valence-corrected chi connectivity index (χ4v) is 6.34. The van der Waals surface area contributed by atoms with Crippen LogP contribution in [-0.2, 0) is 10.3 Å². The zero-order valence-electron chi connectivity index (χ0n) is 15.4. The van der Waals surface area contributed by atoms with Crippen molar-refractivity contribution in [1.29, 1.82) is 0 Å². The minimum Gasteiger partial charge on any atom is -0.376 e. The molecule has 1 atom stereocenters. The number of aromatic nitrogens is 2. The number of nitro groups is 1. The van der Waals surface area contributed by atoms with Crippen LogP contribution in [0.2, 0.25) is 0 Å². The largest absolute Gasteiger partial charge is 0.376 e. The zero-order valence-corrected chi connectivity index (χ0v) is 15.4. The van der Waals surface area contributed by atoms with Gasteiger partial charge in [-0.1, -0.05) is 0 Å². The molecule has 1 unspecified atom stereocenters. The number of carbonyl (C=O) groups excluding carboxylic acids is 1. The standard InChI is InChI=1S/C19H26N4O4/c24-18(20-10-15-2-1-3-27-15)17-16(23(25)26)11-22(21-17)19-7-12-4-13(8-19)6-14(5-12)9-19/h11-15H,1-10H2,(H,20,24). The number of nitrogens with one attached hydrogen (secondary N) is 1. The number of hydrogen-bond acceptors (Lipinski definition) is 5. The molecule has 1 amide bonds. The third-order valence-corrected chi connectivity index (χ3v) is 7.11. The third-order valence-electron chi connectivity index (χ3n) is 7.11. The fourth-order valence-electron chi connectivity index (χ4n) is 6.34. The first-order chi connectivity index (χ1) is 13.0. The number of carbonyl (C=O) groups is 1. The van der Waals surface area contributed by atoms with Crippen molar-refractivity contribution in [2.45, 2.75) is 63.0 Å². The smallest absolute Gasteiger partial charge is 0.320 e. The average molecular weight is 374 g/mol. The van der Waals surface area contributed by atoms with Crippen molar-refractivity contribution in [2.75, 3.05) is 13.2 Å². The van der Waals surface area contributed by atoms with Crippen LogP contribution >= 0.6 is 0 Å². The van der Waals surface area contributed by atoms with Gasteiger partial charge in [0.05, 0.1) is 16.6 Å². The van der Waals surface area contributed by atoms with Crippen molar-refractivity contribution in [1.82, 2.24) is 15.1 Å². The van der Waals surface area contributed by atoms with Crippen LogP contribution < -0.4 is 5.32 Å². The molecule has 0 aromatic carbocycles. The van der Waals surface area contributed by atoms with Crippen molar-refractivity contribution in [3.05, 3.63) is 22.0 Å². The van der Waals surface area contributed by atoms with Gasteiger partial charge in [-0.25, -0.2) is 0 Å². The van der Waals surface area contributed by atoms with Gasteiger partial charge >= 0.3 is 5.69 Å². The van der Waals surface area contributed by atoms with Gasteiger partial charge in [0, 0.05) is 13.2 Å². The summed E-state index contributed by atoms with van der Waals surface area (Å²) in [6.45, 7) is 1.08. The van der Waals surface area contributed by atoms with Gasteiger partial charge in [-0.3, -0.25) is 19.6 Å². The van der Waals surface area contributed by atoms with Crippen LogP contribution in [0.3, 0.4) is 0 Å². The fraction of sp³-hybridized carbons (Fsp3) is 0.789. The van der Waals surface area contributed by atoms with Crippen LogP contribution in [-0.4, -0.2) is 39.9 Å². The molecule has 146 valence electrons. The Hall–Kier alpha value is -1.96. The van der Waals surface area contributed by atoms with E-state index in [9.17, 15) is 14.9 Å². The molecule has 4 bridgehead atoms. The van der Waals surface area contributed by atoms with Gasteiger partial charge in [0.15, 0.2) is 0 Å². The summed E-state index contributed by atoms with van der Waals surface area (Å²) in [5.74, 6) is 1.64. The summed E-state index contributed by atoms with van der Waals surface area (Å²) in [7, 11) is 0. The summed E-state index contributed by atoms with van der Waals surface area (Å²) in [6.07, 6.45) is 10.4. The van der Waals surface area contributed by atoms with Crippen LogP contribution in [0.15, 0.2) is 6.20 Å². The first kappa shape index (κ1) is 17.2. The van der Waals surface area contributed by atoms with Crippen LogP contribution in [0.4, 0.5) is 5.69 Å². The highest BCUT2D eigenvalue weighted by atomic mass is 16.6. The summed E-state index contributed by atoms with van der Waals surface area (Å²) in [5, 5.41) is 18.8. The second-order valence-electron chi connectivity index (χ2n) is 9.05. The van der Waals surface area contributed by atoms with Crippen molar-refractivity contribution in [2.24, 2.45) is 17.8 Å². The molecular weight excluding hydrogens is 348 g/mol. The maximum Gasteiger partial charge on any atom is 0.320 e. The van der Waals surface area contributed by atoms with Crippen LogP contribution in [0.25, 0.3) is 0 Å². The predicted molar refractivity (Wildman–Crippen MR) is 96.3 cm³/mol. The predicted octanol–water partition coefficient (Wildman–Crippen LogP) is 2.63. The molecule has 5 aliphatic rings. The van der Waals surface area contributed by atoms with E-state index in [1.807, 2.05) is 0 Å². The minimum atomic E-state index is -0.481. The van der Waals surface area contributed by atoms with E-state index >= 15 is 0 Å². The first-order valence-electron chi connectivity index (χ1n) is 10.2.